The number of hydrogen-bond donors (Lipinski definition) is 1. The highest BCUT2D eigenvalue weighted by Crippen LogP contribution is 2.33. The lowest BCUT2D eigenvalue weighted by Crippen LogP contribution is -2.50. The summed E-state index contributed by atoms with van der Waals surface area (Å²) in [5.41, 5.74) is 4.56. The lowest BCUT2D eigenvalue weighted by molar-refractivity contribution is -0.899. The van der Waals surface area contributed by atoms with E-state index in [9.17, 15) is 10.5 Å². The largest absolute Gasteiger partial charge is 0.633 e. The van der Waals surface area contributed by atoms with Crippen molar-refractivity contribution in [3.8, 4) is 17.2 Å². The molecule has 33 heavy (non-hydrogen) atoms. The third-order valence-electron chi connectivity index (χ3n) is 6.39. The molecule has 3 heterocycles. The molecule has 6 nitrogen and oxygen atoms in total. The van der Waals surface area contributed by atoms with Crippen LogP contribution in [0.25, 0.3) is 21.9 Å². The molecular formula is C27H25N5O. The van der Waals surface area contributed by atoms with E-state index in [0.717, 1.165) is 46.1 Å². The first kappa shape index (κ1) is 21.1. The molecule has 2 aromatic heterocycles. The van der Waals surface area contributed by atoms with Gasteiger partial charge in [-0.25, -0.2) is 0 Å². The lowest BCUT2D eigenvalue weighted by atomic mass is 9.98. The second-order valence-corrected chi connectivity index (χ2v) is 8.72. The van der Waals surface area contributed by atoms with Gasteiger partial charge in [-0.2, -0.15) is 5.26 Å². The zero-order chi connectivity index (χ0) is 22.7. The Bertz CT molecular complexity index is 1310. The van der Waals surface area contributed by atoms with Crippen LogP contribution in [-0.4, -0.2) is 33.7 Å². The number of hydrogen-bond acceptors (Lipinski definition) is 5. The number of fused-ring (bicyclic) bond motifs is 1. The molecule has 2 aromatic carbocycles. The van der Waals surface area contributed by atoms with Gasteiger partial charge in [-0.05, 0) is 59.0 Å². The Labute approximate surface area is 193 Å². The molecule has 0 aliphatic carbocycles. The maximum absolute atomic E-state index is 13.2. The molecule has 1 aliphatic heterocycles. The number of nitriles is 1. The Kier molecular flexibility index (Phi) is 5.74. The maximum Gasteiger partial charge on any atom is 0.121 e. The first-order valence-corrected chi connectivity index (χ1v) is 11.2. The van der Waals surface area contributed by atoms with Crippen molar-refractivity contribution in [2.45, 2.75) is 25.4 Å². The molecule has 0 bridgehead atoms. The van der Waals surface area contributed by atoms with Gasteiger partial charge in [-0.15, -0.1) is 0 Å². The van der Waals surface area contributed by atoms with Crippen LogP contribution < -0.4 is 5.32 Å². The summed E-state index contributed by atoms with van der Waals surface area (Å²) >= 11 is 0. The average molecular weight is 436 g/mol. The van der Waals surface area contributed by atoms with Gasteiger partial charge < -0.3 is 15.2 Å². The summed E-state index contributed by atoms with van der Waals surface area (Å²) in [5.74, 6) is 0. The van der Waals surface area contributed by atoms with Gasteiger partial charge in [0.05, 0.1) is 30.4 Å². The summed E-state index contributed by atoms with van der Waals surface area (Å²) in [5, 5.41) is 28.4. The standard InChI is InChI=1S/C27H25N5O/c28-17-20-4-3-5-21(14-20)23-15-22-7-11-29-18-26(22)27(16-23)31-24-8-12-32(33,13-9-24)19-25-6-1-2-10-30-25/h1-7,10-11,14-16,18,24,31H,8-9,12-13,19H2. The molecule has 0 saturated carbocycles. The van der Waals surface area contributed by atoms with Gasteiger partial charge in [0.25, 0.3) is 0 Å². The van der Waals surface area contributed by atoms with Crippen molar-refractivity contribution in [2.75, 3.05) is 18.4 Å². The number of hydroxylamine groups is 3. The van der Waals surface area contributed by atoms with E-state index in [-0.39, 0.29) is 10.7 Å². The average Bonchev–Trinajstić information content (AvgIpc) is 2.86. The molecule has 0 spiro atoms. The Balaban J connectivity index is 1.37. The highest BCUT2D eigenvalue weighted by Gasteiger charge is 2.28. The van der Waals surface area contributed by atoms with E-state index in [0.29, 0.717) is 25.2 Å². The molecule has 1 aliphatic rings. The van der Waals surface area contributed by atoms with Crippen LogP contribution in [0.5, 0.6) is 0 Å². The van der Waals surface area contributed by atoms with Gasteiger partial charge in [-0.3, -0.25) is 9.97 Å². The van der Waals surface area contributed by atoms with Crippen molar-refractivity contribution >= 4 is 16.5 Å². The molecule has 1 saturated heterocycles. The highest BCUT2D eigenvalue weighted by molar-refractivity contribution is 5.97. The highest BCUT2D eigenvalue weighted by atomic mass is 16.5. The number of nitrogens with zero attached hydrogens (tertiary/aromatic N) is 4. The number of aromatic nitrogens is 2. The van der Waals surface area contributed by atoms with Crippen LogP contribution in [-0.2, 0) is 6.54 Å². The third-order valence-corrected chi connectivity index (χ3v) is 6.39. The van der Waals surface area contributed by atoms with Gasteiger partial charge in [-0.1, -0.05) is 18.2 Å². The maximum atomic E-state index is 13.2. The Morgan fingerprint density at radius 3 is 2.67 bits per heavy atom. The topological polar surface area (TPSA) is 84.7 Å². The summed E-state index contributed by atoms with van der Waals surface area (Å²) < 4.78 is -0.224. The lowest BCUT2D eigenvalue weighted by Gasteiger charge is -2.47. The molecule has 0 amide bonds. The van der Waals surface area contributed by atoms with Crippen LogP contribution in [0.3, 0.4) is 0 Å². The van der Waals surface area contributed by atoms with Gasteiger partial charge in [0.15, 0.2) is 0 Å². The Hall–Kier alpha value is -3.79. The van der Waals surface area contributed by atoms with E-state index in [4.69, 9.17) is 0 Å². The minimum Gasteiger partial charge on any atom is -0.633 e. The zero-order valence-corrected chi connectivity index (χ0v) is 18.3. The number of likely N-dealkylation sites (tertiary alicyclic amines) is 1. The predicted molar refractivity (Wildman–Crippen MR) is 130 cm³/mol. The van der Waals surface area contributed by atoms with E-state index in [1.54, 1.807) is 12.4 Å². The van der Waals surface area contributed by atoms with Crippen molar-refractivity contribution < 1.29 is 4.65 Å². The number of nitrogens with one attached hydrogen (secondary N) is 1. The fraction of sp³-hybridized carbons (Fsp3) is 0.222. The summed E-state index contributed by atoms with van der Waals surface area (Å²) in [6, 6.07) is 22.1. The number of piperidine rings is 1. The normalized spacial score (nSPS) is 20.3. The van der Waals surface area contributed by atoms with Crippen LogP contribution in [0, 0.1) is 16.5 Å². The molecule has 5 rings (SSSR count). The van der Waals surface area contributed by atoms with Crippen molar-refractivity contribution in [1.29, 1.82) is 5.26 Å². The summed E-state index contributed by atoms with van der Waals surface area (Å²) in [6.45, 7) is 1.55. The fourth-order valence-corrected chi connectivity index (χ4v) is 4.60. The molecule has 1 fully saturated rings. The van der Waals surface area contributed by atoms with Crippen LogP contribution in [0.1, 0.15) is 24.1 Å². The Morgan fingerprint density at radius 1 is 1.00 bits per heavy atom. The molecule has 4 aromatic rings. The number of pyridine rings is 2. The second kappa shape index (κ2) is 8.99. The van der Waals surface area contributed by atoms with Gasteiger partial charge in [0.1, 0.15) is 6.54 Å². The van der Waals surface area contributed by atoms with E-state index >= 15 is 0 Å². The zero-order valence-electron chi connectivity index (χ0n) is 18.3. The van der Waals surface area contributed by atoms with Gasteiger partial charge in [0, 0.05) is 48.5 Å². The minimum atomic E-state index is -0.224. The van der Waals surface area contributed by atoms with E-state index in [1.165, 1.54) is 0 Å². The quantitative estimate of drug-likeness (QED) is 0.341. The SMILES string of the molecule is N#Cc1cccc(-c2cc(NC3CC[N+]([O-])(Cc4ccccn4)CC3)c3cnccc3c2)c1. The van der Waals surface area contributed by atoms with Crippen molar-refractivity contribution in [3.05, 3.63) is 95.7 Å². The first-order valence-electron chi connectivity index (χ1n) is 11.2. The molecular weight excluding hydrogens is 410 g/mol. The van der Waals surface area contributed by atoms with E-state index in [2.05, 4.69) is 33.5 Å². The minimum absolute atomic E-state index is 0.220. The van der Waals surface area contributed by atoms with Crippen LogP contribution in [0.4, 0.5) is 5.69 Å². The number of benzene rings is 2. The summed E-state index contributed by atoms with van der Waals surface area (Å²) in [7, 11) is 0. The van der Waals surface area contributed by atoms with E-state index in [1.807, 2.05) is 54.7 Å². The second-order valence-electron chi connectivity index (χ2n) is 8.72. The first-order chi connectivity index (χ1) is 16.1. The van der Waals surface area contributed by atoms with Crippen LogP contribution in [0.15, 0.2) is 79.3 Å². The van der Waals surface area contributed by atoms with Crippen molar-refractivity contribution in [3.63, 3.8) is 0 Å². The fourth-order valence-electron chi connectivity index (χ4n) is 4.60. The third kappa shape index (κ3) is 4.70. The number of anilines is 1. The molecule has 0 atom stereocenters. The summed E-state index contributed by atoms with van der Waals surface area (Å²) in [6.07, 6.45) is 7.01. The van der Waals surface area contributed by atoms with E-state index < -0.39 is 0 Å². The Morgan fingerprint density at radius 2 is 1.88 bits per heavy atom. The van der Waals surface area contributed by atoms with Gasteiger partial charge in [0.2, 0.25) is 0 Å². The van der Waals surface area contributed by atoms with Crippen molar-refractivity contribution in [1.82, 2.24) is 9.97 Å². The summed E-state index contributed by atoms with van der Waals surface area (Å²) in [4.78, 5) is 8.65. The molecule has 0 radical (unpaired) electrons. The molecule has 0 unspecified atom stereocenters. The molecule has 164 valence electrons. The molecule has 6 heteroatoms. The molecule has 1 N–H and O–H groups in total. The number of rotatable bonds is 5. The number of quaternary nitrogens is 1. The van der Waals surface area contributed by atoms with Gasteiger partial charge >= 0.3 is 0 Å². The smallest absolute Gasteiger partial charge is 0.121 e. The van der Waals surface area contributed by atoms with Crippen LogP contribution in [0.2, 0.25) is 0 Å². The van der Waals surface area contributed by atoms with Crippen molar-refractivity contribution in [2.24, 2.45) is 0 Å². The predicted octanol–water partition coefficient (Wildman–Crippen LogP) is 5.26. The van der Waals surface area contributed by atoms with Crippen LogP contribution >= 0.6 is 0 Å². The monoisotopic (exact) mass is 435 g/mol.